The van der Waals surface area contributed by atoms with E-state index in [1.807, 2.05) is 18.2 Å². The van der Waals surface area contributed by atoms with Crippen molar-refractivity contribution < 1.29 is 0 Å². The second kappa shape index (κ2) is 5.76. The number of hydrogen-bond acceptors (Lipinski definition) is 2. The first-order valence-electron chi connectivity index (χ1n) is 6.45. The molecule has 0 aliphatic carbocycles. The third-order valence-corrected chi connectivity index (χ3v) is 4.58. The number of thiophene rings is 1. The van der Waals surface area contributed by atoms with E-state index in [9.17, 15) is 0 Å². The van der Waals surface area contributed by atoms with E-state index in [4.69, 9.17) is 28.2 Å². The van der Waals surface area contributed by atoms with Gasteiger partial charge < -0.3 is 4.57 Å². The molecule has 104 valence electrons. The molecule has 0 aliphatic heterocycles. The lowest BCUT2D eigenvalue weighted by Gasteiger charge is -2.16. The van der Waals surface area contributed by atoms with Gasteiger partial charge in [0.2, 0.25) is 0 Å². The monoisotopic (exact) mass is 324 g/mol. The van der Waals surface area contributed by atoms with Crippen LogP contribution in [0.25, 0.3) is 11.0 Å². The van der Waals surface area contributed by atoms with Crippen molar-refractivity contribution in [3.63, 3.8) is 0 Å². The maximum Gasteiger partial charge on any atom is 0.111 e. The highest BCUT2D eigenvalue weighted by atomic mass is 35.5. The van der Waals surface area contributed by atoms with Crippen LogP contribution in [-0.4, -0.2) is 15.4 Å². The molecule has 0 spiro atoms. The summed E-state index contributed by atoms with van der Waals surface area (Å²) in [6, 6.07) is 8.25. The number of aryl methyl sites for hydroxylation is 1. The Balaban J connectivity index is 2.18. The van der Waals surface area contributed by atoms with Gasteiger partial charge >= 0.3 is 0 Å². The van der Waals surface area contributed by atoms with E-state index in [0.717, 1.165) is 23.3 Å². The Labute approximate surface area is 132 Å². The SMILES string of the molecule is CC(c1ccsc1)n1c(CCCl)nc2cc(Cl)ccc21. The van der Waals surface area contributed by atoms with Gasteiger partial charge in [-0.25, -0.2) is 4.98 Å². The van der Waals surface area contributed by atoms with Crippen LogP contribution < -0.4 is 0 Å². The molecule has 0 radical (unpaired) electrons. The molecule has 0 bridgehead atoms. The van der Waals surface area contributed by atoms with Crippen molar-refractivity contribution in [2.24, 2.45) is 0 Å². The first-order valence-corrected chi connectivity index (χ1v) is 8.30. The summed E-state index contributed by atoms with van der Waals surface area (Å²) >= 11 is 13.7. The molecule has 2 nitrogen and oxygen atoms in total. The highest BCUT2D eigenvalue weighted by molar-refractivity contribution is 7.07. The second-order valence-corrected chi connectivity index (χ2v) is 6.30. The molecule has 0 fully saturated rings. The standard InChI is InChI=1S/C15H14Cl2N2S/c1-10(11-5-7-20-9-11)19-14-3-2-12(17)8-13(14)18-15(19)4-6-16/h2-3,5,7-10H,4,6H2,1H3. The van der Waals surface area contributed by atoms with E-state index in [1.165, 1.54) is 5.56 Å². The smallest absolute Gasteiger partial charge is 0.111 e. The van der Waals surface area contributed by atoms with Crippen LogP contribution in [0.3, 0.4) is 0 Å². The van der Waals surface area contributed by atoms with Crippen molar-refractivity contribution in [1.29, 1.82) is 0 Å². The van der Waals surface area contributed by atoms with Crippen LogP contribution in [0.2, 0.25) is 5.02 Å². The van der Waals surface area contributed by atoms with Gasteiger partial charge in [-0.05, 0) is 47.5 Å². The first-order chi connectivity index (χ1) is 9.70. The molecule has 1 unspecified atom stereocenters. The third kappa shape index (κ3) is 2.46. The average molecular weight is 325 g/mol. The highest BCUT2D eigenvalue weighted by Gasteiger charge is 2.17. The second-order valence-electron chi connectivity index (χ2n) is 4.70. The first kappa shape index (κ1) is 13.9. The Hall–Kier alpha value is -1.03. The van der Waals surface area contributed by atoms with Crippen molar-refractivity contribution in [1.82, 2.24) is 9.55 Å². The lowest BCUT2D eigenvalue weighted by Crippen LogP contribution is -2.10. The molecule has 1 aromatic carbocycles. The molecule has 0 amide bonds. The van der Waals surface area contributed by atoms with Gasteiger partial charge in [0.25, 0.3) is 0 Å². The summed E-state index contributed by atoms with van der Waals surface area (Å²) in [5.74, 6) is 1.57. The highest BCUT2D eigenvalue weighted by Crippen LogP contribution is 2.29. The normalized spacial score (nSPS) is 12.9. The van der Waals surface area contributed by atoms with Crippen LogP contribution in [0, 0.1) is 0 Å². The van der Waals surface area contributed by atoms with Crippen LogP contribution in [0.5, 0.6) is 0 Å². The van der Waals surface area contributed by atoms with E-state index in [0.29, 0.717) is 10.9 Å². The zero-order valence-corrected chi connectivity index (χ0v) is 13.3. The summed E-state index contributed by atoms with van der Waals surface area (Å²) in [5, 5.41) is 4.99. The van der Waals surface area contributed by atoms with Crippen molar-refractivity contribution in [2.45, 2.75) is 19.4 Å². The van der Waals surface area contributed by atoms with Crippen LogP contribution in [-0.2, 0) is 6.42 Å². The summed E-state index contributed by atoms with van der Waals surface area (Å²) in [6.07, 6.45) is 0.752. The molecule has 0 saturated carbocycles. The number of alkyl halides is 1. The lowest BCUT2D eigenvalue weighted by atomic mass is 10.1. The van der Waals surface area contributed by atoms with E-state index in [1.54, 1.807) is 11.3 Å². The van der Waals surface area contributed by atoms with Gasteiger partial charge in [0.1, 0.15) is 5.82 Å². The number of benzene rings is 1. The maximum atomic E-state index is 6.06. The van der Waals surface area contributed by atoms with Crippen LogP contribution in [0.15, 0.2) is 35.0 Å². The molecule has 3 aromatic rings. The number of nitrogens with zero attached hydrogens (tertiary/aromatic N) is 2. The number of fused-ring (bicyclic) bond motifs is 1. The summed E-state index contributed by atoms with van der Waals surface area (Å²) < 4.78 is 2.26. The average Bonchev–Trinajstić information content (AvgIpc) is 3.05. The van der Waals surface area contributed by atoms with E-state index < -0.39 is 0 Å². The predicted octanol–water partition coefficient (Wildman–Crippen LogP) is 5.14. The summed E-state index contributed by atoms with van der Waals surface area (Å²) in [5.41, 5.74) is 3.33. The van der Waals surface area contributed by atoms with Crippen LogP contribution in [0.4, 0.5) is 0 Å². The van der Waals surface area contributed by atoms with Gasteiger partial charge in [0.05, 0.1) is 17.1 Å². The Bertz CT molecular complexity index is 719. The molecule has 2 aromatic heterocycles. The molecule has 5 heteroatoms. The van der Waals surface area contributed by atoms with Gasteiger partial charge in [-0.3, -0.25) is 0 Å². The molecular formula is C15H14Cl2N2S. The number of aromatic nitrogens is 2. The minimum Gasteiger partial charge on any atom is -0.321 e. The number of hydrogen-bond donors (Lipinski definition) is 0. The zero-order chi connectivity index (χ0) is 14.1. The Morgan fingerprint density at radius 2 is 2.20 bits per heavy atom. The van der Waals surface area contributed by atoms with Gasteiger partial charge in [0.15, 0.2) is 0 Å². The quantitative estimate of drug-likeness (QED) is 0.607. The molecule has 20 heavy (non-hydrogen) atoms. The zero-order valence-electron chi connectivity index (χ0n) is 11.0. The molecular weight excluding hydrogens is 311 g/mol. The van der Waals surface area contributed by atoms with Gasteiger partial charge in [-0.15, -0.1) is 11.6 Å². The summed E-state index contributed by atoms with van der Waals surface area (Å²) in [6.45, 7) is 2.19. The van der Waals surface area contributed by atoms with Crippen LogP contribution in [0.1, 0.15) is 24.4 Å². The molecule has 0 N–H and O–H groups in total. The molecule has 0 saturated heterocycles. The minimum atomic E-state index is 0.241. The Morgan fingerprint density at radius 3 is 2.90 bits per heavy atom. The molecule has 0 aliphatic rings. The largest absolute Gasteiger partial charge is 0.321 e. The maximum absolute atomic E-state index is 6.06. The topological polar surface area (TPSA) is 17.8 Å². The summed E-state index contributed by atoms with van der Waals surface area (Å²) in [4.78, 5) is 4.69. The fourth-order valence-corrected chi connectivity index (χ4v) is 3.56. The fourth-order valence-electron chi connectivity index (χ4n) is 2.48. The third-order valence-electron chi connectivity index (χ3n) is 3.46. The van der Waals surface area contributed by atoms with Gasteiger partial charge in [0, 0.05) is 17.3 Å². The predicted molar refractivity (Wildman–Crippen MR) is 87.3 cm³/mol. The van der Waals surface area contributed by atoms with E-state index in [2.05, 4.69) is 28.3 Å². The number of rotatable bonds is 4. The number of halogens is 2. The van der Waals surface area contributed by atoms with Crippen molar-refractivity contribution in [3.05, 3.63) is 51.4 Å². The number of imidazole rings is 1. The Morgan fingerprint density at radius 1 is 1.35 bits per heavy atom. The van der Waals surface area contributed by atoms with Gasteiger partial charge in [-0.2, -0.15) is 11.3 Å². The molecule has 3 rings (SSSR count). The molecule has 2 heterocycles. The van der Waals surface area contributed by atoms with E-state index in [-0.39, 0.29) is 6.04 Å². The Kier molecular flexibility index (Phi) is 4.01. The van der Waals surface area contributed by atoms with Gasteiger partial charge in [-0.1, -0.05) is 11.6 Å². The lowest BCUT2D eigenvalue weighted by molar-refractivity contribution is 0.625. The van der Waals surface area contributed by atoms with E-state index >= 15 is 0 Å². The summed E-state index contributed by atoms with van der Waals surface area (Å²) in [7, 11) is 0. The van der Waals surface area contributed by atoms with Crippen LogP contribution >= 0.6 is 34.5 Å². The van der Waals surface area contributed by atoms with Crippen molar-refractivity contribution >= 4 is 45.6 Å². The van der Waals surface area contributed by atoms with Crippen molar-refractivity contribution in [3.8, 4) is 0 Å². The minimum absolute atomic E-state index is 0.241. The van der Waals surface area contributed by atoms with Crippen molar-refractivity contribution in [2.75, 3.05) is 5.88 Å². The fraction of sp³-hybridized carbons (Fsp3) is 0.267. The molecule has 1 atom stereocenters.